The van der Waals surface area contributed by atoms with Crippen LogP contribution in [-0.4, -0.2) is 25.2 Å². The van der Waals surface area contributed by atoms with E-state index in [0.717, 1.165) is 6.07 Å². The minimum Gasteiger partial charge on any atom is -0.506 e. The second-order valence-electron chi connectivity index (χ2n) is 4.25. The third kappa shape index (κ3) is 3.51. The summed E-state index contributed by atoms with van der Waals surface area (Å²) >= 11 is 0. The number of ether oxygens (including phenoxy) is 1. The summed E-state index contributed by atoms with van der Waals surface area (Å²) in [6.45, 7) is 0. The quantitative estimate of drug-likeness (QED) is 0.342. The molecule has 8 nitrogen and oxygen atoms in total. The molecule has 0 radical (unpaired) electrons. The number of anilines is 1. The highest BCUT2D eigenvalue weighted by Crippen LogP contribution is 2.32. The van der Waals surface area contributed by atoms with Crippen molar-refractivity contribution in [3.63, 3.8) is 0 Å². The SMILES string of the molecule is COc1ccc(S(=O)(=O)O)cc1N=Nc1ccc(O)c(N)c1. The van der Waals surface area contributed by atoms with Crippen LogP contribution >= 0.6 is 0 Å². The van der Waals surface area contributed by atoms with Crippen LogP contribution < -0.4 is 10.5 Å². The molecule has 22 heavy (non-hydrogen) atoms. The molecule has 2 aromatic carbocycles. The number of nitrogens with two attached hydrogens (primary N) is 1. The maximum Gasteiger partial charge on any atom is 0.294 e. The Morgan fingerprint density at radius 1 is 1.14 bits per heavy atom. The molecule has 0 heterocycles. The second-order valence-corrected chi connectivity index (χ2v) is 5.67. The summed E-state index contributed by atoms with van der Waals surface area (Å²) in [7, 11) is -2.97. The van der Waals surface area contributed by atoms with Crippen LogP contribution in [0.15, 0.2) is 51.5 Å². The first-order chi connectivity index (χ1) is 10.3. The Balaban J connectivity index is 2.42. The Morgan fingerprint density at radius 3 is 2.45 bits per heavy atom. The molecule has 0 aliphatic heterocycles. The molecule has 0 aromatic heterocycles. The van der Waals surface area contributed by atoms with Crippen molar-refractivity contribution in [1.82, 2.24) is 0 Å². The van der Waals surface area contributed by atoms with Gasteiger partial charge in [0.2, 0.25) is 0 Å². The standard InChI is InChI=1S/C13H13N3O5S/c1-21-13-5-3-9(22(18,19)20)7-11(13)16-15-8-2-4-12(17)10(14)6-8/h2-7,17H,14H2,1H3,(H,18,19,20). The van der Waals surface area contributed by atoms with E-state index in [2.05, 4.69) is 10.2 Å². The Kier molecular flexibility index (Phi) is 4.29. The molecule has 9 heteroatoms. The average Bonchev–Trinajstić information content (AvgIpc) is 2.47. The van der Waals surface area contributed by atoms with Crippen molar-refractivity contribution in [2.45, 2.75) is 4.90 Å². The van der Waals surface area contributed by atoms with Crippen LogP contribution in [0, 0.1) is 0 Å². The predicted molar refractivity (Wildman–Crippen MR) is 79.5 cm³/mol. The van der Waals surface area contributed by atoms with Crippen molar-refractivity contribution in [1.29, 1.82) is 0 Å². The third-order valence-electron chi connectivity index (χ3n) is 2.73. The predicted octanol–water partition coefficient (Wildman–Crippen LogP) is 2.65. The van der Waals surface area contributed by atoms with E-state index in [9.17, 15) is 13.5 Å². The van der Waals surface area contributed by atoms with E-state index in [1.165, 1.54) is 37.4 Å². The minimum atomic E-state index is -4.36. The summed E-state index contributed by atoms with van der Waals surface area (Å²) in [6.07, 6.45) is 0. The lowest BCUT2D eigenvalue weighted by Crippen LogP contribution is -1.97. The van der Waals surface area contributed by atoms with Gasteiger partial charge in [-0.15, -0.1) is 5.11 Å². The maximum atomic E-state index is 11.1. The fourth-order valence-corrected chi connectivity index (χ4v) is 2.12. The Hall–Kier alpha value is -2.65. The zero-order valence-electron chi connectivity index (χ0n) is 11.5. The van der Waals surface area contributed by atoms with Gasteiger partial charge in [0, 0.05) is 0 Å². The molecule has 0 unspecified atom stereocenters. The lowest BCUT2D eigenvalue weighted by Gasteiger charge is -2.05. The molecule has 0 saturated carbocycles. The van der Waals surface area contributed by atoms with E-state index >= 15 is 0 Å². The fraction of sp³-hybridized carbons (Fsp3) is 0.0769. The lowest BCUT2D eigenvalue weighted by atomic mass is 10.2. The summed E-state index contributed by atoms with van der Waals surface area (Å²) < 4.78 is 36.4. The molecule has 0 saturated heterocycles. The van der Waals surface area contributed by atoms with E-state index in [-0.39, 0.29) is 27.8 Å². The lowest BCUT2D eigenvalue weighted by molar-refractivity contribution is 0.415. The van der Waals surface area contributed by atoms with Crippen LogP contribution in [0.25, 0.3) is 0 Å². The summed E-state index contributed by atoms with van der Waals surface area (Å²) in [6, 6.07) is 7.90. The molecule has 0 atom stereocenters. The molecule has 2 rings (SSSR count). The summed E-state index contributed by atoms with van der Waals surface area (Å²) in [5.74, 6) is 0.202. The van der Waals surface area contributed by atoms with Crippen molar-refractivity contribution in [3.05, 3.63) is 36.4 Å². The van der Waals surface area contributed by atoms with Gasteiger partial charge in [-0.1, -0.05) is 0 Å². The molecule has 4 N–H and O–H groups in total. The average molecular weight is 323 g/mol. The van der Waals surface area contributed by atoms with Crippen molar-refractivity contribution in [3.8, 4) is 11.5 Å². The molecule has 0 aliphatic carbocycles. The van der Waals surface area contributed by atoms with Crippen molar-refractivity contribution in [2.24, 2.45) is 10.2 Å². The molecule has 0 amide bonds. The van der Waals surface area contributed by atoms with Gasteiger partial charge in [0.15, 0.2) is 0 Å². The zero-order valence-corrected chi connectivity index (χ0v) is 12.3. The van der Waals surface area contributed by atoms with Gasteiger partial charge in [-0.2, -0.15) is 13.5 Å². The smallest absolute Gasteiger partial charge is 0.294 e. The van der Waals surface area contributed by atoms with Crippen LogP contribution in [0.2, 0.25) is 0 Å². The van der Waals surface area contributed by atoms with Crippen LogP contribution in [0.1, 0.15) is 0 Å². The number of azo groups is 1. The van der Waals surface area contributed by atoms with E-state index in [1.54, 1.807) is 0 Å². The summed E-state index contributed by atoms with van der Waals surface area (Å²) in [4.78, 5) is -0.326. The first kappa shape index (κ1) is 15.7. The highest BCUT2D eigenvalue weighted by atomic mass is 32.2. The summed E-state index contributed by atoms with van der Waals surface area (Å²) in [5.41, 5.74) is 6.14. The van der Waals surface area contributed by atoms with Gasteiger partial charge in [-0.05, 0) is 36.4 Å². The van der Waals surface area contributed by atoms with Gasteiger partial charge in [0.1, 0.15) is 17.2 Å². The Morgan fingerprint density at radius 2 is 1.86 bits per heavy atom. The molecule has 0 fully saturated rings. The van der Waals surface area contributed by atoms with E-state index in [1.807, 2.05) is 0 Å². The van der Waals surface area contributed by atoms with Crippen molar-refractivity contribution < 1.29 is 22.8 Å². The molecule has 0 aliphatic rings. The molecule has 2 aromatic rings. The van der Waals surface area contributed by atoms with Gasteiger partial charge in [0.25, 0.3) is 10.1 Å². The second kappa shape index (κ2) is 6.00. The highest BCUT2D eigenvalue weighted by Gasteiger charge is 2.13. The highest BCUT2D eigenvalue weighted by molar-refractivity contribution is 7.85. The van der Waals surface area contributed by atoms with Crippen LogP contribution in [-0.2, 0) is 10.1 Å². The number of rotatable bonds is 4. The maximum absolute atomic E-state index is 11.1. The van der Waals surface area contributed by atoms with Crippen LogP contribution in [0.4, 0.5) is 17.1 Å². The van der Waals surface area contributed by atoms with Gasteiger partial charge in [-0.3, -0.25) is 4.55 Å². The first-order valence-corrected chi connectivity index (χ1v) is 7.41. The topological polar surface area (TPSA) is 135 Å². The fourth-order valence-electron chi connectivity index (χ4n) is 1.62. The number of hydrogen-bond donors (Lipinski definition) is 3. The number of phenols is 1. The molecular formula is C13H13N3O5S. The first-order valence-electron chi connectivity index (χ1n) is 5.97. The summed E-state index contributed by atoms with van der Waals surface area (Å²) in [5, 5.41) is 17.1. The number of aromatic hydroxyl groups is 1. The van der Waals surface area contributed by atoms with Gasteiger partial charge in [0.05, 0.1) is 23.4 Å². The molecule has 0 spiro atoms. The van der Waals surface area contributed by atoms with E-state index in [4.69, 9.17) is 15.0 Å². The van der Waals surface area contributed by atoms with Crippen molar-refractivity contribution in [2.75, 3.05) is 12.8 Å². The Bertz CT molecular complexity index is 834. The monoisotopic (exact) mass is 323 g/mol. The zero-order chi connectivity index (χ0) is 16.3. The van der Waals surface area contributed by atoms with Gasteiger partial charge < -0.3 is 15.6 Å². The molecular weight excluding hydrogens is 310 g/mol. The number of nitrogen functional groups attached to an aromatic ring is 1. The molecule has 116 valence electrons. The molecule has 0 bridgehead atoms. The number of nitrogens with zero attached hydrogens (tertiary/aromatic N) is 2. The third-order valence-corrected chi connectivity index (χ3v) is 3.58. The van der Waals surface area contributed by atoms with E-state index in [0.29, 0.717) is 5.69 Å². The number of hydrogen-bond acceptors (Lipinski definition) is 7. The minimum absolute atomic E-state index is 0.0788. The van der Waals surface area contributed by atoms with E-state index < -0.39 is 10.1 Å². The van der Waals surface area contributed by atoms with Gasteiger partial charge >= 0.3 is 0 Å². The normalized spacial score (nSPS) is 11.7. The Labute approximate surface area is 126 Å². The van der Waals surface area contributed by atoms with Crippen molar-refractivity contribution >= 4 is 27.2 Å². The number of benzene rings is 2. The number of methoxy groups -OCH3 is 1. The number of phenolic OH excluding ortho intramolecular Hbond substituents is 1. The largest absolute Gasteiger partial charge is 0.506 e. The van der Waals surface area contributed by atoms with Gasteiger partial charge in [-0.25, -0.2) is 0 Å². The van der Waals surface area contributed by atoms with Crippen LogP contribution in [0.5, 0.6) is 11.5 Å². The van der Waals surface area contributed by atoms with Crippen LogP contribution in [0.3, 0.4) is 0 Å².